The lowest BCUT2D eigenvalue weighted by molar-refractivity contribution is 0.0108. The molecule has 0 amide bonds. The van der Waals surface area contributed by atoms with Gasteiger partial charge in [0.2, 0.25) is 0 Å². The van der Waals surface area contributed by atoms with Gasteiger partial charge in [0, 0.05) is 18.1 Å². The minimum Gasteiger partial charge on any atom is -0.330 e. The van der Waals surface area contributed by atoms with E-state index in [-0.39, 0.29) is 0 Å². The number of nitrogens with zero attached hydrogens (tertiary/aromatic N) is 1. The predicted molar refractivity (Wildman–Crippen MR) is 64.8 cm³/mol. The van der Waals surface area contributed by atoms with E-state index in [4.69, 9.17) is 5.73 Å². The summed E-state index contributed by atoms with van der Waals surface area (Å²) in [6.07, 6.45) is 8.36. The first-order valence-corrected chi connectivity index (χ1v) is 6.60. The second-order valence-corrected chi connectivity index (χ2v) is 6.04. The molecular formula is C13H26N2. The van der Waals surface area contributed by atoms with E-state index < -0.39 is 0 Å². The first-order valence-electron chi connectivity index (χ1n) is 6.60. The Balaban J connectivity index is 2.03. The van der Waals surface area contributed by atoms with Crippen molar-refractivity contribution >= 4 is 0 Å². The van der Waals surface area contributed by atoms with Crippen LogP contribution in [0.3, 0.4) is 0 Å². The zero-order valence-electron chi connectivity index (χ0n) is 10.3. The van der Waals surface area contributed by atoms with E-state index in [1.165, 1.54) is 45.1 Å². The lowest BCUT2D eigenvalue weighted by Gasteiger charge is -2.48. The molecule has 1 heterocycles. The van der Waals surface area contributed by atoms with Crippen LogP contribution in [-0.2, 0) is 0 Å². The third kappa shape index (κ3) is 2.36. The molecule has 1 saturated carbocycles. The molecule has 1 aliphatic carbocycles. The van der Waals surface area contributed by atoms with E-state index in [1.807, 2.05) is 0 Å². The van der Waals surface area contributed by atoms with Crippen molar-refractivity contribution in [3.8, 4) is 0 Å². The van der Waals surface area contributed by atoms with Crippen LogP contribution in [0.5, 0.6) is 0 Å². The van der Waals surface area contributed by atoms with Crippen LogP contribution in [0.2, 0.25) is 0 Å². The summed E-state index contributed by atoms with van der Waals surface area (Å²) in [5, 5.41) is 0. The Morgan fingerprint density at radius 3 is 2.47 bits per heavy atom. The van der Waals surface area contributed by atoms with Crippen LogP contribution in [0.15, 0.2) is 0 Å². The standard InChI is InChI=1S/C13H26N2/c1-13(2)8-7-11(9-14)10-15(13)12-5-3-4-6-12/h11-12H,3-10,14H2,1-2H3. The van der Waals surface area contributed by atoms with E-state index in [1.54, 1.807) is 0 Å². The lowest BCUT2D eigenvalue weighted by Crippen LogP contribution is -2.55. The van der Waals surface area contributed by atoms with E-state index in [9.17, 15) is 0 Å². The molecule has 0 aromatic heterocycles. The topological polar surface area (TPSA) is 29.3 Å². The SMILES string of the molecule is CC1(C)CCC(CN)CN1C1CCCC1. The molecular weight excluding hydrogens is 184 g/mol. The maximum Gasteiger partial charge on any atom is 0.0156 e. The van der Waals surface area contributed by atoms with Crippen molar-refractivity contribution in [1.29, 1.82) is 0 Å². The van der Waals surface area contributed by atoms with Crippen LogP contribution in [-0.4, -0.2) is 29.6 Å². The second kappa shape index (κ2) is 4.42. The quantitative estimate of drug-likeness (QED) is 0.758. The van der Waals surface area contributed by atoms with Gasteiger partial charge in [0.15, 0.2) is 0 Å². The first kappa shape index (κ1) is 11.4. The van der Waals surface area contributed by atoms with Gasteiger partial charge in [0.25, 0.3) is 0 Å². The van der Waals surface area contributed by atoms with Gasteiger partial charge in [-0.05, 0) is 52.0 Å². The van der Waals surface area contributed by atoms with Gasteiger partial charge in [0.1, 0.15) is 0 Å². The molecule has 15 heavy (non-hydrogen) atoms. The Morgan fingerprint density at radius 1 is 1.20 bits per heavy atom. The van der Waals surface area contributed by atoms with Crippen LogP contribution < -0.4 is 5.73 Å². The van der Waals surface area contributed by atoms with Crippen LogP contribution in [0, 0.1) is 5.92 Å². The molecule has 2 aliphatic rings. The molecule has 1 atom stereocenters. The van der Waals surface area contributed by atoms with Gasteiger partial charge in [-0.15, -0.1) is 0 Å². The van der Waals surface area contributed by atoms with Gasteiger partial charge in [0.05, 0.1) is 0 Å². The average molecular weight is 210 g/mol. The molecule has 1 aliphatic heterocycles. The Kier molecular flexibility index (Phi) is 3.36. The maximum absolute atomic E-state index is 5.83. The summed E-state index contributed by atoms with van der Waals surface area (Å²) < 4.78 is 0. The highest BCUT2D eigenvalue weighted by atomic mass is 15.2. The second-order valence-electron chi connectivity index (χ2n) is 6.04. The monoisotopic (exact) mass is 210 g/mol. The van der Waals surface area contributed by atoms with Crippen molar-refractivity contribution in [1.82, 2.24) is 4.90 Å². The molecule has 0 aromatic carbocycles. The Morgan fingerprint density at radius 2 is 1.87 bits per heavy atom. The highest BCUT2D eigenvalue weighted by molar-refractivity contribution is 4.94. The normalized spacial score (nSPS) is 33.4. The first-order chi connectivity index (χ1) is 7.13. The van der Waals surface area contributed by atoms with Crippen molar-refractivity contribution in [3.05, 3.63) is 0 Å². The van der Waals surface area contributed by atoms with Gasteiger partial charge in [-0.25, -0.2) is 0 Å². The smallest absolute Gasteiger partial charge is 0.0156 e. The molecule has 1 unspecified atom stereocenters. The minimum atomic E-state index is 0.417. The van der Waals surface area contributed by atoms with E-state index >= 15 is 0 Å². The molecule has 2 heteroatoms. The van der Waals surface area contributed by atoms with E-state index in [0.717, 1.165) is 18.5 Å². The van der Waals surface area contributed by atoms with Gasteiger partial charge < -0.3 is 5.73 Å². The Hall–Kier alpha value is -0.0800. The predicted octanol–water partition coefficient (Wildman–Crippen LogP) is 2.38. The summed E-state index contributed by atoms with van der Waals surface area (Å²) in [5.74, 6) is 0.749. The van der Waals surface area contributed by atoms with Gasteiger partial charge in [-0.2, -0.15) is 0 Å². The Labute approximate surface area is 94.2 Å². The lowest BCUT2D eigenvalue weighted by atomic mass is 9.83. The average Bonchev–Trinajstić information content (AvgIpc) is 2.70. The maximum atomic E-state index is 5.83. The summed E-state index contributed by atoms with van der Waals surface area (Å²) in [6, 6.07) is 0.856. The fourth-order valence-electron chi connectivity index (χ4n) is 3.37. The fourth-order valence-corrected chi connectivity index (χ4v) is 3.37. The van der Waals surface area contributed by atoms with Crippen LogP contribution in [0.1, 0.15) is 52.4 Å². The zero-order valence-corrected chi connectivity index (χ0v) is 10.3. The van der Waals surface area contributed by atoms with Gasteiger partial charge in [-0.3, -0.25) is 4.90 Å². The fraction of sp³-hybridized carbons (Fsp3) is 1.00. The molecule has 0 bridgehead atoms. The summed E-state index contributed by atoms with van der Waals surface area (Å²) in [4.78, 5) is 2.76. The highest BCUT2D eigenvalue weighted by Gasteiger charge is 2.38. The summed E-state index contributed by atoms with van der Waals surface area (Å²) >= 11 is 0. The number of piperidine rings is 1. The number of hydrogen-bond donors (Lipinski definition) is 1. The zero-order chi connectivity index (χ0) is 10.9. The van der Waals surface area contributed by atoms with Crippen LogP contribution >= 0.6 is 0 Å². The number of likely N-dealkylation sites (tertiary alicyclic amines) is 1. The Bertz CT molecular complexity index is 207. The van der Waals surface area contributed by atoms with Crippen molar-refractivity contribution in [2.45, 2.75) is 64.0 Å². The van der Waals surface area contributed by atoms with Crippen LogP contribution in [0.25, 0.3) is 0 Å². The molecule has 2 nitrogen and oxygen atoms in total. The molecule has 2 N–H and O–H groups in total. The van der Waals surface area contributed by atoms with Crippen molar-refractivity contribution in [2.75, 3.05) is 13.1 Å². The summed E-state index contributed by atoms with van der Waals surface area (Å²) in [5.41, 5.74) is 6.24. The van der Waals surface area contributed by atoms with Crippen LogP contribution in [0.4, 0.5) is 0 Å². The highest BCUT2D eigenvalue weighted by Crippen LogP contribution is 2.36. The largest absolute Gasteiger partial charge is 0.330 e. The summed E-state index contributed by atoms with van der Waals surface area (Å²) in [7, 11) is 0. The molecule has 0 spiro atoms. The third-order valence-corrected chi connectivity index (χ3v) is 4.50. The molecule has 0 radical (unpaired) electrons. The van der Waals surface area contributed by atoms with E-state index in [2.05, 4.69) is 18.7 Å². The molecule has 2 fully saturated rings. The number of hydrogen-bond acceptors (Lipinski definition) is 2. The molecule has 88 valence electrons. The van der Waals surface area contributed by atoms with E-state index in [0.29, 0.717) is 5.54 Å². The molecule has 1 saturated heterocycles. The molecule has 0 aromatic rings. The van der Waals surface area contributed by atoms with Gasteiger partial charge in [-0.1, -0.05) is 12.8 Å². The number of rotatable bonds is 2. The number of nitrogens with two attached hydrogens (primary N) is 1. The van der Waals surface area contributed by atoms with Gasteiger partial charge >= 0.3 is 0 Å². The van der Waals surface area contributed by atoms with Crippen molar-refractivity contribution in [3.63, 3.8) is 0 Å². The van der Waals surface area contributed by atoms with Crippen molar-refractivity contribution in [2.24, 2.45) is 11.7 Å². The van der Waals surface area contributed by atoms with Crippen molar-refractivity contribution < 1.29 is 0 Å². The minimum absolute atomic E-state index is 0.417. The summed E-state index contributed by atoms with van der Waals surface area (Å²) in [6.45, 7) is 6.95. The third-order valence-electron chi connectivity index (χ3n) is 4.50. The molecule has 2 rings (SSSR count).